The molecule has 0 atom stereocenters. The summed E-state index contributed by atoms with van der Waals surface area (Å²) in [7, 11) is 0. The van der Waals surface area contributed by atoms with Crippen LogP contribution in [0.2, 0.25) is 5.02 Å². The highest BCUT2D eigenvalue weighted by atomic mass is 35.5. The van der Waals surface area contributed by atoms with Gasteiger partial charge in [-0.2, -0.15) is 0 Å². The van der Waals surface area contributed by atoms with Crippen molar-refractivity contribution in [1.82, 2.24) is 0 Å². The van der Waals surface area contributed by atoms with Crippen LogP contribution >= 0.6 is 11.6 Å². The third-order valence-electron chi connectivity index (χ3n) is 3.53. The van der Waals surface area contributed by atoms with Crippen molar-refractivity contribution in [3.05, 3.63) is 58.1 Å². The van der Waals surface area contributed by atoms with Crippen molar-refractivity contribution in [1.29, 1.82) is 0 Å². The summed E-state index contributed by atoms with van der Waals surface area (Å²) in [5, 5.41) is 0.669. The smallest absolute Gasteiger partial charge is 0.122 e. The van der Waals surface area contributed by atoms with Crippen LogP contribution in [0.5, 0.6) is 5.75 Å². The second-order valence-corrected chi connectivity index (χ2v) is 6.80. The second kappa shape index (κ2) is 5.98. The molecule has 0 aliphatic heterocycles. The molecule has 3 heteroatoms. The molecule has 21 heavy (non-hydrogen) atoms. The molecule has 0 aliphatic carbocycles. The molecule has 0 amide bonds. The first-order valence-corrected chi connectivity index (χ1v) is 7.43. The highest BCUT2D eigenvalue weighted by molar-refractivity contribution is 6.30. The van der Waals surface area contributed by atoms with Gasteiger partial charge in [0.2, 0.25) is 0 Å². The number of hydrogen-bond donors (Lipinski definition) is 1. The van der Waals surface area contributed by atoms with Crippen LogP contribution in [-0.2, 0) is 12.0 Å². The molecule has 0 fully saturated rings. The average molecular weight is 304 g/mol. The number of hydrogen-bond acceptors (Lipinski definition) is 2. The third-order valence-corrected chi connectivity index (χ3v) is 3.76. The molecule has 0 heterocycles. The van der Waals surface area contributed by atoms with Gasteiger partial charge in [-0.1, -0.05) is 44.5 Å². The monoisotopic (exact) mass is 303 g/mol. The number of ether oxygens (including phenoxy) is 1. The third kappa shape index (κ3) is 3.92. The number of benzene rings is 2. The highest BCUT2D eigenvalue weighted by Crippen LogP contribution is 2.28. The fourth-order valence-electron chi connectivity index (χ4n) is 2.13. The first kappa shape index (κ1) is 15.7. The molecule has 0 aliphatic rings. The van der Waals surface area contributed by atoms with Gasteiger partial charge in [0.15, 0.2) is 0 Å². The number of anilines is 1. The predicted molar refractivity (Wildman–Crippen MR) is 90.1 cm³/mol. The first-order valence-electron chi connectivity index (χ1n) is 7.05. The van der Waals surface area contributed by atoms with E-state index in [1.165, 1.54) is 5.56 Å². The van der Waals surface area contributed by atoms with E-state index in [4.69, 9.17) is 22.1 Å². The number of aryl methyl sites for hydroxylation is 1. The molecule has 0 unspecified atom stereocenters. The lowest BCUT2D eigenvalue weighted by atomic mass is 9.86. The standard InChI is InChI=1S/C18H22ClNO/c1-12-9-14(18(2,3)4)5-8-17(12)21-11-13-10-15(19)6-7-16(13)20/h5-10H,11,20H2,1-4H3. The van der Waals surface area contributed by atoms with Crippen molar-refractivity contribution in [2.45, 2.75) is 39.7 Å². The van der Waals surface area contributed by atoms with E-state index in [0.29, 0.717) is 17.3 Å². The molecule has 0 saturated carbocycles. The van der Waals surface area contributed by atoms with Crippen LogP contribution in [0, 0.1) is 6.92 Å². The quantitative estimate of drug-likeness (QED) is 0.800. The largest absolute Gasteiger partial charge is 0.489 e. The molecule has 2 aromatic rings. The van der Waals surface area contributed by atoms with Crippen LogP contribution in [0.15, 0.2) is 36.4 Å². The van der Waals surface area contributed by atoms with Crippen LogP contribution in [0.3, 0.4) is 0 Å². The van der Waals surface area contributed by atoms with Crippen LogP contribution < -0.4 is 10.5 Å². The first-order chi connectivity index (χ1) is 9.77. The van der Waals surface area contributed by atoms with Crippen LogP contribution in [0.4, 0.5) is 5.69 Å². The van der Waals surface area contributed by atoms with Crippen molar-refractivity contribution in [2.24, 2.45) is 0 Å². The van der Waals surface area contributed by atoms with Crippen molar-refractivity contribution < 1.29 is 4.74 Å². The number of nitrogen functional groups attached to an aromatic ring is 1. The number of rotatable bonds is 3. The molecule has 0 spiro atoms. The van der Waals surface area contributed by atoms with Crippen LogP contribution in [0.1, 0.15) is 37.5 Å². The molecule has 2 rings (SSSR count). The van der Waals surface area contributed by atoms with Gasteiger partial charge in [0.05, 0.1) is 0 Å². The van der Waals surface area contributed by atoms with E-state index < -0.39 is 0 Å². The molecular weight excluding hydrogens is 282 g/mol. The predicted octanol–water partition coefficient (Wildman–Crippen LogP) is 5.11. The molecule has 2 nitrogen and oxygen atoms in total. The Morgan fingerprint density at radius 3 is 2.43 bits per heavy atom. The van der Waals surface area contributed by atoms with E-state index in [-0.39, 0.29) is 5.41 Å². The minimum atomic E-state index is 0.140. The molecule has 0 radical (unpaired) electrons. The van der Waals surface area contributed by atoms with E-state index in [2.05, 4.69) is 39.8 Å². The molecule has 0 bridgehead atoms. The molecule has 0 aromatic heterocycles. The van der Waals surface area contributed by atoms with Crippen LogP contribution in [-0.4, -0.2) is 0 Å². The minimum Gasteiger partial charge on any atom is -0.489 e. The highest BCUT2D eigenvalue weighted by Gasteiger charge is 2.14. The second-order valence-electron chi connectivity index (χ2n) is 6.36. The average Bonchev–Trinajstić information content (AvgIpc) is 2.40. The lowest BCUT2D eigenvalue weighted by molar-refractivity contribution is 0.304. The maximum absolute atomic E-state index is 5.99. The van der Waals surface area contributed by atoms with Gasteiger partial charge < -0.3 is 10.5 Å². The summed E-state index contributed by atoms with van der Waals surface area (Å²) in [4.78, 5) is 0. The van der Waals surface area contributed by atoms with Crippen molar-refractivity contribution >= 4 is 17.3 Å². The zero-order valence-corrected chi connectivity index (χ0v) is 13.8. The Morgan fingerprint density at radius 1 is 1.10 bits per heavy atom. The molecule has 112 valence electrons. The lowest BCUT2D eigenvalue weighted by Gasteiger charge is -2.20. The van der Waals surface area contributed by atoms with E-state index in [1.807, 2.05) is 12.1 Å². The van der Waals surface area contributed by atoms with Gasteiger partial charge in [-0.15, -0.1) is 0 Å². The van der Waals surface area contributed by atoms with Crippen molar-refractivity contribution in [3.63, 3.8) is 0 Å². The number of halogens is 1. The van der Waals surface area contributed by atoms with Gasteiger partial charge in [0.25, 0.3) is 0 Å². The summed E-state index contributed by atoms with van der Waals surface area (Å²) < 4.78 is 5.89. The Kier molecular flexibility index (Phi) is 4.48. The van der Waals surface area contributed by atoms with Crippen molar-refractivity contribution in [2.75, 3.05) is 5.73 Å². The van der Waals surface area contributed by atoms with E-state index >= 15 is 0 Å². The Hall–Kier alpha value is -1.67. The molecule has 2 N–H and O–H groups in total. The topological polar surface area (TPSA) is 35.2 Å². The van der Waals surface area contributed by atoms with Gasteiger partial charge in [0.1, 0.15) is 12.4 Å². The lowest BCUT2D eigenvalue weighted by Crippen LogP contribution is -2.11. The number of nitrogens with two attached hydrogens (primary N) is 1. The molecular formula is C18H22ClNO. The Balaban J connectivity index is 2.15. The molecule has 2 aromatic carbocycles. The summed E-state index contributed by atoms with van der Waals surface area (Å²) in [5.74, 6) is 0.877. The summed E-state index contributed by atoms with van der Waals surface area (Å²) in [6.45, 7) is 9.09. The fraction of sp³-hybridized carbons (Fsp3) is 0.333. The Labute approximate surface area is 131 Å². The van der Waals surface area contributed by atoms with E-state index in [9.17, 15) is 0 Å². The maximum Gasteiger partial charge on any atom is 0.122 e. The van der Waals surface area contributed by atoms with E-state index in [1.54, 1.807) is 12.1 Å². The van der Waals surface area contributed by atoms with Gasteiger partial charge in [-0.3, -0.25) is 0 Å². The van der Waals surface area contributed by atoms with Gasteiger partial charge in [0, 0.05) is 16.3 Å². The Morgan fingerprint density at radius 2 is 1.81 bits per heavy atom. The minimum absolute atomic E-state index is 0.140. The maximum atomic E-state index is 5.99. The zero-order chi connectivity index (χ0) is 15.6. The summed E-state index contributed by atoms with van der Waals surface area (Å²) in [6.07, 6.45) is 0. The summed E-state index contributed by atoms with van der Waals surface area (Å²) >= 11 is 5.99. The zero-order valence-electron chi connectivity index (χ0n) is 13.0. The van der Waals surface area contributed by atoms with Gasteiger partial charge in [-0.25, -0.2) is 0 Å². The van der Waals surface area contributed by atoms with Crippen LogP contribution in [0.25, 0.3) is 0 Å². The summed E-state index contributed by atoms with van der Waals surface area (Å²) in [5.41, 5.74) is 10.1. The van der Waals surface area contributed by atoms with Gasteiger partial charge >= 0.3 is 0 Å². The van der Waals surface area contributed by atoms with E-state index in [0.717, 1.165) is 16.9 Å². The van der Waals surface area contributed by atoms with Gasteiger partial charge in [-0.05, 0) is 47.7 Å². The molecule has 0 saturated heterocycles. The Bertz CT molecular complexity index is 644. The fourth-order valence-corrected chi connectivity index (χ4v) is 2.33. The van der Waals surface area contributed by atoms with Crippen molar-refractivity contribution in [3.8, 4) is 5.75 Å². The normalized spacial score (nSPS) is 11.5. The SMILES string of the molecule is Cc1cc(C(C)(C)C)ccc1OCc1cc(Cl)ccc1N. The summed E-state index contributed by atoms with van der Waals surface area (Å²) in [6, 6.07) is 11.7.